The van der Waals surface area contributed by atoms with Crippen LogP contribution >= 0.6 is 0 Å². The summed E-state index contributed by atoms with van der Waals surface area (Å²) in [4.78, 5) is 0. The molecule has 1 fully saturated rings. The van der Waals surface area contributed by atoms with Gasteiger partial charge in [0.15, 0.2) is 0 Å². The molecular weight excluding hydrogens is 162 g/mol. The van der Waals surface area contributed by atoms with Crippen molar-refractivity contribution in [2.75, 3.05) is 14.2 Å². The third-order valence-corrected chi connectivity index (χ3v) is 3.30. The van der Waals surface area contributed by atoms with Crippen LogP contribution in [0.5, 0.6) is 0 Å². The maximum absolute atomic E-state index is 5.59. The van der Waals surface area contributed by atoms with E-state index >= 15 is 0 Å². The van der Waals surface area contributed by atoms with Gasteiger partial charge in [0, 0.05) is 13.2 Å². The molecule has 2 nitrogen and oxygen atoms in total. The summed E-state index contributed by atoms with van der Waals surface area (Å²) in [6.45, 7) is 4.55. The van der Waals surface area contributed by atoms with Crippen LogP contribution in [0, 0.1) is 11.8 Å². The van der Waals surface area contributed by atoms with Gasteiger partial charge in [0.2, 0.25) is 0 Å². The van der Waals surface area contributed by atoms with Crippen molar-refractivity contribution in [3.05, 3.63) is 0 Å². The van der Waals surface area contributed by atoms with Gasteiger partial charge in [-0.2, -0.15) is 0 Å². The second-order valence-electron chi connectivity index (χ2n) is 4.24. The normalized spacial score (nSPS) is 24.0. The molecule has 0 saturated heterocycles. The average Bonchev–Trinajstić information content (AvgIpc) is 2.96. The Morgan fingerprint density at radius 2 is 2.08 bits per heavy atom. The lowest BCUT2D eigenvalue weighted by molar-refractivity contribution is 0.0359. The van der Waals surface area contributed by atoms with E-state index in [0.717, 1.165) is 5.92 Å². The van der Waals surface area contributed by atoms with Crippen LogP contribution in [-0.2, 0) is 4.74 Å². The SMILES string of the molecule is CCC(C)C(NC)C(OC)C1CC1. The summed E-state index contributed by atoms with van der Waals surface area (Å²) in [6.07, 6.45) is 4.36. The van der Waals surface area contributed by atoms with E-state index in [1.807, 2.05) is 14.2 Å². The topological polar surface area (TPSA) is 21.3 Å². The van der Waals surface area contributed by atoms with Gasteiger partial charge in [0.25, 0.3) is 0 Å². The lowest BCUT2D eigenvalue weighted by atomic mass is 9.92. The Morgan fingerprint density at radius 1 is 1.46 bits per heavy atom. The molecule has 0 radical (unpaired) electrons. The van der Waals surface area contributed by atoms with E-state index in [2.05, 4.69) is 19.2 Å². The number of likely N-dealkylation sites (N-methyl/N-ethyl adjacent to an activating group) is 1. The summed E-state index contributed by atoms with van der Waals surface area (Å²) in [5, 5.41) is 3.40. The summed E-state index contributed by atoms with van der Waals surface area (Å²) >= 11 is 0. The predicted octanol–water partition coefficient (Wildman–Crippen LogP) is 2.05. The molecule has 0 bridgehead atoms. The Morgan fingerprint density at radius 3 is 2.38 bits per heavy atom. The van der Waals surface area contributed by atoms with Crippen LogP contribution in [0.2, 0.25) is 0 Å². The van der Waals surface area contributed by atoms with E-state index in [1.54, 1.807) is 0 Å². The molecule has 78 valence electrons. The van der Waals surface area contributed by atoms with Crippen molar-refractivity contribution in [1.82, 2.24) is 5.32 Å². The fourth-order valence-electron chi connectivity index (χ4n) is 2.08. The standard InChI is InChI=1S/C11H23NO/c1-5-8(2)10(12-3)11(13-4)9-6-7-9/h8-12H,5-7H2,1-4H3. The van der Waals surface area contributed by atoms with Crippen molar-refractivity contribution >= 4 is 0 Å². The Balaban J connectivity index is 2.50. The molecule has 13 heavy (non-hydrogen) atoms. The van der Waals surface area contributed by atoms with Crippen molar-refractivity contribution in [2.24, 2.45) is 11.8 Å². The first-order chi connectivity index (χ1) is 6.24. The molecule has 1 saturated carbocycles. The van der Waals surface area contributed by atoms with Gasteiger partial charge in [-0.3, -0.25) is 0 Å². The largest absolute Gasteiger partial charge is 0.380 e. The van der Waals surface area contributed by atoms with E-state index in [4.69, 9.17) is 4.74 Å². The molecule has 3 unspecified atom stereocenters. The molecule has 1 aliphatic carbocycles. The third-order valence-electron chi connectivity index (χ3n) is 3.30. The van der Waals surface area contributed by atoms with Crippen LogP contribution in [-0.4, -0.2) is 26.3 Å². The number of hydrogen-bond acceptors (Lipinski definition) is 2. The molecule has 3 atom stereocenters. The molecule has 0 amide bonds. The number of rotatable bonds is 6. The molecule has 0 spiro atoms. The minimum absolute atomic E-state index is 0.431. The van der Waals surface area contributed by atoms with Gasteiger partial charge in [0.1, 0.15) is 0 Å². The second-order valence-corrected chi connectivity index (χ2v) is 4.24. The van der Waals surface area contributed by atoms with Crippen LogP contribution in [0.15, 0.2) is 0 Å². The third kappa shape index (κ3) is 2.68. The molecule has 0 aliphatic heterocycles. The number of hydrogen-bond donors (Lipinski definition) is 1. The Labute approximate surface area is 82.0 Å². The maximum Gasteiger partial charge on any atom is 0.0754 e. The van der Waals surface area contributed by atoms with E-state index in [-0.39, 0.29) is 0 Å². The lowest BCUT2D eigenvalue weighted by Gasteiger charge is -2.30. The first kappa shape index (κ1) is 11.0. The zero-order valence-corrected chi connectivity index (χ0v) is 9.34. The molecule has 0 heterocycles. The maximum atomic E-state index is 5.59. The highest BCUT2D eigenvalue weighted by Crippen LogP contribution is 2.37. The first-order valence-electron chi connectivity index (χ1n) is 5.44. The summed E-state index contributed by atoms with van der Waals surface area (Å²) in [5.41, 5.74) is 0. The molecule has 0 aromatic heterocycles. The zero-order chi connectivity index (χ0) is 9.84. The summed E-state index contributed by atoms with van der Waals surface area (Å²) in [7, 11) is 3.89. The van der Waals surface area contributed by atoms with Gasteiger partial charge in [-0.05, 0) is 31.7 Å². The van der Waals surface area contributed by atoms with Crippen molar-refractivity contribution in [2.45, 2.75) is 45.3 Å². The quantitative estimate of drug-likeness (QED) is 0.684. The van der Waals surface area contributed by atoms with Crippen LogP contribution in [0.4, 0.5) is 0 Å². The van der Waals surface area contributed by atoms with Gasteiger partial charge in [0.05, 0.1) is 6.10 Å². The van der Waals surface area contributed by atoms with Crippen molar-refractivity contribution < 1.29 is 4.74 Å². The molecule has 0 aromatic rings. The van der Waals surface area contributed by atoms with Crippen molar-refractivity contribution in [3.63, 3.8) is 0 Å². The minimum atomic E-state index is 0.431. The molecule has 1 N–H and O–H groups in total. The van der Waals surface area contributed by atoms with Gasteiger partial charge in [-0.15, -0.1) is 0 Å². The van der Waals surface area contributed by atoms with Crippen LogP contribution in [0.3, 0.4) is 0 Å². The minimum Gasteiger partial charge on any atom is -0.380 e. The molecule has 1 aliphatic rings. The van der Waals surface area contributed by atoms with Gasteiger partial charge in [-0.25, -0.2) is 0 Å². The fourth-order valence-corrected chi connectivity index (χ4v) is 2.08. The highest BCUT2D eigenvalue weighted by atomic mass is 16.5. The highest BCUT2D eigenvalue weighted by molar-refractivity contribution is 4.91. The monoisotopic (exact) mass is 185 g/mol. The van der Waals surface area contributed by atoms with Crippen LogP contribution in [0.25, 0.3) is 0 Å². The van der Waals surface area contributed by atoms with Crippen LogP contribution < -0.4 is 5.32 Å². The molecule has 2 heteroatoms. The summed E-state index contributed by atoms with van der Waals surface area (Å²) in [6, 6.07) is 0.530. The Hall–Kier alpha value is -0.0800. The summed E-state index contributed by atoms with van der Waals surface area (Å²) in [5.74, 6) is 1.52. The van der Waals surface area contributed by atoms with E-state index < -0.39 is 0 Å². The first-order valence-corrected chi connectivity index (χ1v) is 5.44. The van der Waals surface area contributed by atoms with Gasteiger partial charge in [-0.1, -0.05) is 20.3 Å². The smallest absolute Gasteiger partial charge is 0.0754 e. The van der Waals surface area contributed by atoms with Crippen molar-refractivity contribution in [3.8, 4) is 0 Å². The van der Waals surface area contributed by atoms with E-state index in [9.17, 15) is 0 Å². The fraction of sp³-hybridized carbons (Fsp3) is 1.00. The zero-order valence-electron chi connectivity index (χ0n) is 9.34. The second kappa shape index (κ2) is 4.97. The number of nitrogens with one attached hydrogen (secondary N) is 1. The van der Waals surface area contributed by atoms with Gasteiger partial charge < -0.3 is 10.1 Å². The lowest BCUT2D eigenvalue weighted by Crippen LogP contribution is -2.44. The highest BCUT2D eigenvalue weighted by Gasteiger charge is 2.37. The van der Waals surface area contributed by atoms with Gasteiger partial charge >= 0.3 is 0 Å². The summed E-state index contributed by atoms with van der Waals surface area (Å²) < 4.78 is 5.59. The molecular formula is C11H23NO. The Bertz CT molecular complexity index is 145. The van der Waals surface area contributed by atoms with Crippen molar-refractivity contribution in [1.29, 1.82) is 0 Å². The van der Waals surface area contributed by atoms with E-state index in [0.29, 0.717) is 18.1 Å². The molecule has 0 aromatic carbocycles. The number of methoxy groups -OCH3 is 1. The average molecular weight is 185 g/mol. The Kier molecular flexibility index (Phi) is 4.20. The van der Waals surface area contributed by atoms with Crippen LogP contribution in [0.1, 0.15) is 33.1 Å². The number of ether oxygens (including phenoxy) is 1. The molecule has 1 rings (SSSR count). The predicted molar refractivity (Wildman–Crippen MR) is 55.8 cm³/mol. The van der Waals surface area contributed by atoms with E-state index in [1.165, 1.54) is 19.3 Å².